The predicted molar refractivity (Wildman–Crippen MR) is 135 cm³/mol. The Morgan fingerprint density at radius 1 is 1.06 bits per heavy atom. The average molecular weight is 478 g/mol. The van der Waals surface area contributed by atoms with Crippen LogP contribution in [0.2, 0.25) is 5.02 Å². The van der Waals surface area contributed by atoms with E-state index >= 15 is 0 Å². The number of nitrogens with one attached hydrogen (secondary N) is 1. The van der Waals surface area contributed by atoms with E-state index in [1.54, 1.807) is 7.11 Å². The van der Waals surface area contributed by atoms with E-state index in [1.165, 1.54) is 0 Å². The fraction of sp³-hybridized carbons (Fsp3) is 0.269. The molecule has 2 heterocycles. The van der Waals surface area contributed by atoms with Gasteiger partial charge in [-0.2, -0.15) is 5.10 Å². The van der Waals surface area contributed by atoms with Crippen molar-refractivity contribution >= 4 is 17.4 Å². The van der Waals surface area contributed by atoms with Gasteiger partial charge in [0.1, 0.15) is 29.7 Å². The molecule has 4 rings (SSSR count). The van der Waals surface area contributed by atoms with E-state index in [0.29, 0.717) is 29.0 Å². The third kappa shape index (κ3) is 5.31. The number of rotatable bonds is 8. The standard InChI is InChI=1S/C26H28ClN5O2/c1-16-12-20(32(4)31-16)15-34-21-9-6-8-19(13-21)17(2)28-25-14-23(29-18(3)30-25)22-10-7-11-24(33-5)26(22)27/h6-14,17H,15H2,1-5H3,(H,28,29,30). The summed E-state index contributed by atoms with van der Waals surface area (Å²) in [4.78, 5) is 9.15. The van der Waals surface area contributed by atoms with Gasteiger partial charge in [-0.1, -0.05) is 35.9 Å². The number of benzene rings is 2. The highest BCUT2D eigenvalue weighted by Crippen LogP contribution is 2.35. The van der Waals surface area contributed by atoms with Crippen LogP contribution in [0.1, 0.15) is 35.7 Å². The minimum absolute atomic E-state index is 0.00886. The zero-order valence-electron chi connectivity index (χ0n) is 20.0. The van der Waals surface area contributed by atoms with Gasteiger partial charge < -0.3 is 14.8 Å². The predicted octanol–water partition coefficient (Wildman–Crippen LogP) is 5.91. The number of nitrogens with zero attached hydrogens (tertiary/aromatic N) is 4. The number of anilines is 1. The second kappa shape index (κ2) is 10.1. The topological polar surface area (TPSA) is 74.1 Å². The van der Waals surface area contributed by atoms with Crippen molar-refractivity contribution in [3.63, 3.8) is 0 Å². The number of hydrogen-bond donors (Lipinski definition) is 1. The Morgan fingerprint density at radius 3 is 2.59 bits per heavy atom. The molecule has 0 aliphatic heterocycles. The monoisotopic (exact) mass is 477 g/mol. The van der Waals surface area contributed by atoms with E-state index in [9.17, 15) is 0 Å². The summed E-state index contributed by atoms with van der Waals surface area (Å²) in [5.41, 5.74) is 4.60. The van der Waals surface area contributed by atoms with E-state index < -0.39 is 0 Å². The molecule has 0 fully saturated rings. The number of ether oxygens (including phenoxy) is 2. The summed E-state index contributed by atoms with van der Waals surface area (Å²) >= 11 is 6.53. The molecular weight excluding hydrogens is 450 g/mol. The molecule has 8 heteroatoms. The molecule has 176 valence electrons. The van der Waals surface area contributed by atoms with Crippen LogP contribution < -0.4 is 14.8 Å². The Labute approximate surface area is 204 Å². The maximum atomic E-state index is 6.53. The third-order valence-electron chi connectivity index (χ3n) is 5.51. The van der Waals surface area contributed by atoms with Crippen LogP contribution in [0, 0.1) is 13.8 Å². The Bertz CT molecular complexity index is 1300. The lowest BCUT2D eigenvalue weighted by Crippen LogP contribution is -2.10. The van der Waals surface area contributed by atoms with Crippen LogP contribution in [0.4, 0.5) is 5.82 Å². The van der Waals surface area contributed by atoms with Crippen molar-refractivity contribution in [1.82, 2.24) is 19.7 Å². The van der Waals surface area contributed by atoms with E-state index in [4.69, 9.17) is 21.1 Å². The highest BCUT2D eigenvalue weighted by Gasteiger charge is 2.14. The van der Waals surface area contributed by atoms with Gasteiger partial charge in [-0.3, -0.25) is 4.68 Å². The Balaban J connectivity index is 1.51. The van der Waals surface area contributed by atoms with E-state index in [-0.39, 0.29) is 6.04 Å². The smallest absolute Gasteiger partial charge is 0.138 e. The molecule has 0 spiro atoms. The molecule has 34 heavy (non-hydrogen) atoms. The Morgan fingerprint density at radius 2 is 1.85 bits per heavy atom. The lowest BCUT2D eigenvalue weighted by molar-refractivity contribution is 0.294. The second-order valence-corrected chi connectivity index (χ2v) is 8.51. The maximum absolute atomic E-state index is 6.53. The van der Waals surface area contributed by atoms with Crippen LogP contribution in [-0.4, -0.2) is 26.9 Å². The minimum Gasteiger partial charge on any atom is -0.495 e. The van der Waals surface area contributed by atoms with Gasteiger partial charge in [0.25, 0.3) is 0 Å². The molecule has 1 atom stereocenters. The molecule has 2 aromatic heterocycles. The van der Waals surface area contributed by atoms with Crippen molar-refractivity contribution in [1.29, 1.82) is 0 Å². The molecule has 0 amide bonds. The van der Waals surface area contributed by atoms with Crippen LogP contribution in [0.25, 0.3) is 11.3 Å². The minimum atomic E-state index is -0.00886. The first kappa shape index (κ1) is 23.6. The molecule has 2 aromatic carbocycles. The third-order valence-corrected chi connectivity index (χ3v) is 5.90. The Hall–Kier alpha value is -3.58. The lowest BCUT2D eigenvalue weighted by Gasteiger charge is -2.17. The molecule has 0 bridgehead atoms. The molecular formula is C26H28ClN5O2. The quantitative estimate of drug-likeness (QED) is 0.340. The first-order chi connectivity index (χ1) is 16.3. The molecule has 1 unspecified atom stereocenters. The molecule has 0 saturated heterocycles. The SMILES string of the molecule is COc1cccc(-c2cc(NC(C)c3cccc(OCc4cc(C)nn4C)c3)nc(C)n2)c1Cl. The first-order valence-electron chi connectivity index (χ1n) is 11.0. The fourth-order valence-corrected chi connectivity index (χ4v) is 4.08. The number of halogens is 1. The van der Waals surface area contributed by atoms with Crippen LogP contribution in [0.3, 0.4) is 0 Å². The summed E-state index contributed by atoms with van der Waals surface area (Å²) < 4.78 is 13.2. The molecule has 0 radical (unpaired) electrons. The fourth-order valence-electron chi connectivity index (χ4n) is 3.78. The van der Waals surface area contributed by atoms with Gasteiger partial charge in [0, 0.05) is 18.7 Å². The van der Waals surface area contributed by atoms with Gasteiger partial charge >= 0.3 is 0 Å². The highest BCUT2D eigenvalue weighted by molar-refractivity contribution is 6.34. The Kier molecular flexibility index (Phi) is 7.03. The van der Waals surface area contributed by atoms with Crippen LogP contribution in [0.15, 0.2) is 54.6 Å². The molecule has 0 aliphatic carbocycles. The molecule has 0 aliphatic rings. The van der Waals surface area contributed by atoms with Crippen molar-refractivity contribution in [3.05, 3.63) is 82.4 Å². The first-order valence-corrected chi connectivity index (χ1v) is 11.4. The molecule has 4 aromatic rings. The zero-order chi connectivity index (χ0) is 24.2. The highest BCUT2D eigenvalue weighted by atomic mass is 35.5. The summed E-state index contributed by atoms with van der Waals surface area (Å²) in [5, 5.41) is 8.37. The van der Waals surface area contributed by atoms with E-state index in [1.807, 2.05) is 74.1 Å². The summed E-state index contributed by atoms with van der Waals surface area (Å²) in [6, 6.07) is 17.6. The van der Waals surface area contributed by atoms with Crippen molar-refractivity contribution < 1.29 is 9.47 Å². The number of aryl methyl sites for hydroxylation is 3. The summed E-state index contributed by atoms with van der Waals surface area (Å²) in [7, 11) is 3.52. The van der Waals surface area contributed by atoms with Crippen molar-refractivity contribution in [3.8, 4) is 22.8 Å². The van der Waals surface area contributed by atoms with Gasteiger partial charge in [0.05, 0.1) is 35.3 Å². The second-order valence-electron chi connectivity index (χ2n) is 8.14. The average Bonchev–Trinajstić information content (AvgIpc) is 3.14. The molecule has 0 saturated carbocycles. The van der Waals surface area contributed by atoms with Crippen LogP contribution >= 0.6 is 11.6 Å². The number of hydrogen-bond acceptors (Lipinski definition) is 6. The summed E-state index contributed by atoms with van der Waals surface area (Å²) in [6.45, 7) is 6.37. The van der Waals surface area contributed by atoms with Gasteiger partial charge in [-0.15, -0.1) is 0 Å². The summed E-state index contributed by atoms with van der Waals surface area (Å²) in [6.07, 6.45) is 0. The van der Waals surface area contributed by atoms with E-state index in [0.717, 1.165) is 34.0 Å². The van der Waals surface area contributed by atoms with Gasteiger partial charge in [-0.05, 0) is 50.6 Å². The van der Waals surface area contributed by atoms with Crippen molar-refractivity contribution in [2.75, 3.05) is 12.4 Å². The number of methoxy groups -OCH3 is 1. The largest absolute Gasteiger partial charge is 0.495 e. The van der Waals surface area contributed by atoms with Crippen LogP contribution in [-0.2, 0) is 13.7 Å². The van der Waals surface area contributed by atoms with E-state index in [2.05, 4.69) is 33.4 Å². The molecule has 1 N–H and O–H groups in total. The van der Waals surface area contributed by atoms with Gasteiger partial charge in [0.15, 0.2) is 0 Å². The van der Waals surface area contributed by atoms with Gasteiger partial charge in [0.2, 0.25) is 0 Å². The lowest BCUT2D eigenvalue weighted by atomic mass is 10.1. The van der Waals surface area contributed by atoms with Crippen molar-refractivity contribution in [2.24, 2.45) is 7.05 Å². The normalized spacial score (nSPS) is 11.8. The molecule has 7 nitrogen and oxygen atoms in total. The van der Waals surface area contributed by atoms with Crippen molar-refractivity contribution in [2.45, 2.75) is 33.4 Å². The zero-order valence-corrected chi connectivity index (χ0v) is 20.7. The number of aromatic nitrogens is 4. The maximum Gasteiger partial charge on any atom is 0.138 e. The van der Waals surface area contributed by atoms with Gasteiger partial charge in [-0.25, -0.2) is 9.97 Å². The van der Waals surface area contributed by atoms with Crippen LogP contribution in [0.5, 0.6) is 11.5 Å². The summed E-state index contributed by atoms with van der Waals surface area (Å²) in [5.74, 6) is 2.77.